The minimum atomic E-state index is -0.0518. The van der Waals surface area contributed by atoms with Gasteiger partial charge < -0.3 is 10.4 Å². The van der Waals surface area contributed by atoms with Gasteiger partial charge in [0.2, 0.25) is 5.91 Å². The summed E-state index contributed by atoms with van der Waals surface area (Å²) in [6, 6.07) is 0.389. The predicted molar refractivity (Wildman–Crippen MR) is 95.3 cm³/mol. The molecule has 4 fully saturated rings. The van der Waals surface area contributed by atoms with E-state index in [0.29, 0.717) is 16.9 Å². The molecule has 0 aromatic heterocycles. The Labute approximate surface area is 147 Å². The number of carbonyl (C=O) groups is 1. The van der Waals surface area contributed by atoms with Gasteiger partial charge in [-0.15, -0.1) is 0 Å². The maximum Gasteiger partial charge on any atom is 0.217 e. The number of amides is 1. The van der Waals surface area contributed by atoms with E-state index in [9.17, 15) is 9.90 Å². The third-order valence-corrected chi connectivity index (χ3v) is 9.02. The van der Waals surface area contributed by atoms with Crippen LogP contribution < -0.4 is 5.32 Å². The summed E-state index contributed by atoms with van der Waals surface area (Å²) >= 11 is 0. The van der Waals surface area contributed by atoms with Gasteiger partial charge in [0.15, 0.2) is 0 Å². The molecule has 3 nitrogen and oxygen atoms in total. The molecule has 8 atom stereocenters. The van der Waals surface area contributed by atoms with Crippen LogP contribution in [0.3, 0.4) is 0 Å². The number of aliphatic hydroxyl groups excluding tert-OH is 1. The highest BCUT2D eigenvalue weighted by Gasteiger charge is 2.60. The number of aliphatic hydroxyl groups is 1. The van der Waals surface area contributed by atoms with Crippen LogP contribution >= 0.6 is 0 Å². The number of hydrogen-bond acceptors (Lipinski definition) is 2. The molecule has 0 spiro atoms. The normalized spacial score (nSPS) is 53.7. The fourth-order valence-electron chi connectivity index (χ4n) is 7.72. The van der Waals surface area contributed by atoms with Crippen LogP contribution in [0.5, 0.6) is 0 Å². The Morgan fingerprint density at radius 3 is 2.42 bits per heavy atom. The SMILES string of the molecule is CC(=O)NC1CCC2C3CC[C@H]4CC(O)CC[C@]4(C)C3CC[C@]12C. The number of carbonyl (C=O) groups excluding carboxylic acids is 1. The third kappa shape index (κ3) is 2.37. The fourth-order valence-corrected chi connectivity index (χ4v) is 7.72. The molecule has 0 aromatic rings. The van der Waals surface area contributed by atoms with Gasteiger partial charge in [-0.25, -0.2) is 0 Å². The highest BCUT2D eigenvalue weighted by molar-refractivity contribution is 5.73. The quantitative estimate of drug-likeness (QED) is 0.765. The molecule has 4 aliphatic carbocycles. The third-order valence-electron chi connectivity index (χ3n) is 9.02. The van der Waals surface area contributed by atoms with Crippen LogP contribution in [0.1, 0.15) is 78.6 Å². The highest BCUT2D eigenvalue weighted by atomic mass is 16.3. The number of hydrogen-bond donors (Lipinski definition) is 2. The molecule has 4 rings (SSSR count). The monoisotopic (exact) mass is 333 g/mol. The first-order valence-corrected chi connectivity index (χ1v) is 10.3. The number of nitrogens with one attached hydrogen (secondary N) is 1. The van der Waals surface area contributed by atoms with E-state index < -0.39 is 0 Å². The van der Waals surface area contributed by atoms with Gasteiger partial charge in [0.1, 0.15) is 0 Å². The van der Waals surface area contributed by atoms with E-state index in [4.69, 9.17) is 0 Å². The van der Waals surface area contributed by atoms with Crippen LogP contribution in [-0.2, 0) is 4.79 Å². The van der Waals surface area contributed by atoms with Gasteiger partial charge in [0, 0.05) is 13.0 Å². The van der Waals surface area contributed by atoms with Crippen molar-refractivity contribution in [3.8, 4) is 0 Å². The largest absolute Gasteiger partial charge is 0.393 e. The van der Waals surface area contributed by atoms with E-state index in [2.05, 4.69) is 19.2 Å². The molecule has 3 heteroatoms. The Balaban J connectivity index is 1.57. The average molecular weight is 334 g/mol. The van der Waals surface area contributed by atoms with Crippen molar-refractivity contribution >= 4 is 5.91 Å². The second-order valence-corrected chi connectivity index (χ2v) is 9.96. The Hall–Kier alpha value is -0.570. The second kappa shape index (κ2) is 5.72. The molecule has 0 saturated heterocycles. The van der Waals surface area contributed by atoms with Gasteiger partial charge in [0.25, 0.3) is 0 Å². The van der Waals surface area contributed by atoms with Crippen LogP contribution in [-0.4, -0.2) is 23.2 Å². The van der Waals surface area contributed by atoms with E-state index in [-0.39, 0.29) is 12.0 Å². The smallest absolute Gasteiger partial charge is 0.217 e. The zero-order chi connectivity index (χ0) is 17.1. The summed E-state index contributed by atoms with van der Waals surface area (Å²) in [6.45, 7) is 6.67. The van der Waals surface area contributed by atoms with Gasteiger partial charge in [-0.1, -0.05) is 13.8 Å². The summed E-state index contributed by atoms with van der Waals surface area (Å²) < 4.78 is 0. The van der Waals surface area contributed by atoms with Gasteiger partial charge in [-0.3, -0.25) is 4.79 Å². The molecule has 24 heavy (non-hydrogen) atoms. The summed E-state index contributed by atoms with van der Waals surface area (Å²) in [5.74, 6) is 3.36. The summed E-state index contributed by atoms with van der Waals surface area (Å²) in [7, 11) is 0. The minimum absolute atomic E-state index is 0.0518. The molecule has 0 heterocycles. The van der Waals surface area contributed by atoms with E-state index in [1.807, 2.05) is 0 Å². The van der Waals surface area contributed by atoms with Crippen molar-refractivity contribution in [2.75, 3.05) is 0 Å². The molecule has 4 aliphatic rings. The van der Waals surface area contributed by atoms with Crippen LogP contribution in [0, 0.1) is 34.5 Å². The maximum absolute atomic E-state index is 11.6. The summed E-state index contributed by atoms with van der Waals surface area (Å²) in [4.78, 5) is 11.6. The van der Waals surface area contributed by atoms with Gasteiger partial charge in [0.05, 0.1) is 6.10 Å². The minimum Gasteiger partial charge on any atom is -0.393 e. The van der Waals surface area contributed by atoms with Crippen molar-refractivity contribution in [2.45, 2.75) is 90.7 Å². The molecule has 0 radical (unpaired) electrons. The average Bonchev–Trinajstić information content (AvgIpc) is 2.84. The molecule has 2 N–H and O–H groups in total. The van der Waals surface area contributed by atoms with E-state index in [1.165, 1.54) is 44.9 Å². The van der Waals surface area contributed by atoms with Crippen molar-refractivity contribution < 1.29 is 9.90 Å². The van der Waals surface area contributed by atoms with Crippen LogP contribution in [0.2, 0.25) is 0 Å². The number of fused-ring (bicyclic) bond motifs is 5. The lowest BCUT2D eigenvalue weighted by molar-refractivity contribution is -0.129. The topological polar surface area (TPSA) is 49.3 Å². The first kappa shape index (κ1) is 16.9. The van der Waals surface area contributed by atoms with Crippen molar-refractivity contribution in [3.63, 3.8) is 0 Å². The molecule has 5 unspecified atom stereocenters. The van der Waals surface area contributed by atoms with Crippen LogP contribution in [0.25, 0.3) is 0 Å². The van der Waals surface area contributed by atoms with Crippen LogP contribution in [0.15, 0.2) is 0 Å². The molecular weight excluding hydrogens is 298 g/mol. The van der Waals surface area contributed by atoms with Crippen molar-refractivity contribution in [2.24, 2.45) is 34.5 Å². The Morgan fingerprint density at radius 2 is 1.67 bits per heavy atom. The van der Waals surface area contributed by atoms with E-state index >= 15 is 0 Å². The molecule has 136 valence electrons. The summed E-state index contributed by atoms with van der Waals surface area (Å²) in [5, 5.41) is 13.4. The zero-order valence-corrected chi connectivity index (χ0v) is 15.7. The summed E-state index contributed by atoms with van der Waals surface area (Å²) in [5.41, 5.74) is 0.764. The first-order valence-electron chi connectivity index (χ1n) is 10.3. The zero-order valence-electron chi connectivity index (χ0n) is 15.7. The van der Waals surface area contributed by atoms with E-state index in [0.717, 1.165) is 36.5 Å². The maximum atomic E-state index is 11.6. The molecule has 4 saturated carbocycles. The van der Waals surface area contributed by atoms with Crippen molar-refractivity contribution in [1.82, 2.24) is 5.32 Å². The first-order chi connectivity index (χ1) is 11.3. The van der Waals surface area contributed by atoms with Crippen molar-refractivity contribution in [3.05, 3.63) is 0 Å². The van der Waals surface area contributed by atoms with Crippen LogP contribution in [0.4, 0.5) is 0 Å². The van der Waals surface area contributed by atoms with Gasteiger partial charge in [-0.2, -0.15) is 0 Å². The lowest BCUT2D eigenvalue weighted by Crippen LogP contribution is -2.56. The second-order valence-electron chi connectivity index (χ2n) is 9.96. The Kier molecular flexibility index (Phi) is 4.02. The Bertz CT molecular complexity index is 520. The summed E-state index contributed by atoms with van der Waals surface area (Å²) in [6.07, 6.45) is 10.9. The van der Waals surface area contributed by atoms with E-state index in [1.54, 1.807) is 6.92 Å². The standard InChI is InChI=1S/C21H35NO2/c1-13(23)22-19-7-6-17-16-5-4-14-12-15(24)8-10-20(14,2)18(16)9-11-21(17,19)3/h14-19,24H,4-12H2,1-3H3,(H,22,23)/t14-,15?,16?,17?,18?,19?,20-,21-/m0/s1. The van der Waals surface area contributed by atoms with Gasteiger partial charge in [-0.05, 0) is 92.3 Å². The lowest BCUT2D eigenvalue weighted by Gasteiger charge is -2.60. The molecule has 0 aromatic carbocycles. The molecule has 0 aliphatic heterocycles. The fraction of sp³-hybridized carbons (Fsp3) is 0.952. The lowest BCUT2D eigenvalue weighted by atomic mass is 9.45. The molecular formula is C21H35NO2. The van der Waals surface area contributed by atoms with Gasteiger partial charge >= 0.3 is 0 Å². The Morgan fingerprint density at radius 1 is 0.958 bits per heavy atom. The number of rotatable bonds is 1. The molecule has 1 amide bonds. The predicted octanol–water partition coefficient (Wildman–Crippen LogP) is 3.89. The highest BCUT2D eigenvalue weighted by Crippen LogP contribution is 2.66. The van der Waals surface area contributed by atoms with Crippen molar-refractivity contribution in [1.29, 1.82) is 0 Å². The molecule has 0 bridgehead atoms.